The van der Waals surface area contributed by atoms with Crippen LogP contribution in [-0.2, 0) is 49.8 Å². The molecule has 0 radical (unpaired) electrons. The van der Waals surface area contributed by atoms with E-state index in [1.165, 1.54) is 0 Å². The number of fused-ring (bicyclic) bond motifs is 4. The van der Waals surface area contributed by atoms with E-state index in [1.807, 2.05) is 19.9 Å². The third-order valence-electron chi connectivity index (χ3n) is 13.8. The van der Waals surface area contributed by atoms with E-state index in [2.05, 4.69) is 27.7 Å². The highest BCUT2D eigenvalue weighted by atomic mass is 17.3. The van der Waals surface area contributed by atoms with E-state index >= 15 is 0 Å². The number of hydrogen-bond donors (Lipinski definition) is 1. The van der Waals surface area contributed by atoms with Crippen LogP contribution in [-0.4, -0.2) is 53.0 Å². The first-order chi connectivity index (χ1) is 22.9. The predicted molar refractivity (Wildman–Crippen MR) is 167 cm³/mol. The number of rotatable bonds is 5. The van der Waals surface area contributed by atoms with E-state index in [4.69, 9.17) is 48.0 Å². The molecule has 8 saturated heterocycles. The number of benzene rings is 1. The van der Waals surface area contributed by atoms with Gasteiger partial charge in [0.15, 0.2) is 30.1 Å². The molecule has 10 aliphatic rings. The van der Waals surface area contributed by atoms with E-state index in [0.29, 0.717) is 23.5 Å². The molecular weight excluding hydrogens is 620 g/mol. The number of hydrogen-bond acceptors (Lipinski definition) is 11. The van der Waals surface area contributed by atoms with Crippen molar-refractivity contribution < 1.29 is 53.1 Å². The van der Waals surface area contributed by atoms with Crippen LogP contribution in [0.3, 0.4) is 0 Å². The van der Waals surface area contributed by atoms with Gasteiger partial charge >= 0.3 is 0 Å². The molecule has 11 rings (SSSR count). The smallest absolute Gasteiger partial charge is 0.205 e. The molecule has 2 aliphatic carbocycles. The van der Waals surface area contributed by atoms with Gasteiger partial charge in [0.1, 0.15) is 11.5 Å². The molecule has 11 nitrogen and oxygen atoms in total. The van der Waals surface area contributed by atoms with Gasteiger partial charge in [-0.15, -0.1) is 0 Å². The molecule has 10 fully saturated rings. The highest BCUT2D eigenvalue weighted by Crippen LogP contribution is 2.62. The Morgan fingerprint density at radius 3 is 1.79 bits per heavy atom. The lowest BCUT2D eigenvalue weighted by Gasteiger charge is -2.60. The second-order valence-electron chi connectivity index (χ2n) is 16.8. The lowest BCUT2D eigenvalue weighted by atomic mass is 9.58. The lowest BCUT2D eigenvalue weighted by molar-refractivity contribution is -0.577. The monoisotopic (exact) mass is 672 g/mol. The van der Waals surface area contributed by atoms with Crippen LogP contribution >= 0.6 is 0 Å². The van der Waals surface area contributed by atoms with E-state index in [1.54, 1.807) is 12.1 Å². The van der Waals surface area contributed by atoms with Gasteiger partial charge in [-0.3, -0.25) is 0 Å². The molecule has 2 spiro atoms. The van der Waals surface area contributed by atoms with E-state index in [9.17, 15) is 5.11 Å². The Labute approximate surface area is 282 Å². The SMILES string of the molecule is C[C@H]1[C@@H](Oc2cc(O)cc(CO[C@H]3O[C@@H]4O[C@]5(C)CC[C@H]6[C@@H](C)CC[C@@H]([C@H]3C)[C@@]46OO5)c2)O[C@@H]2O[C@]3(C)CC[C@H]4[C@H](C)CC[C@@H]1[C@@]24OO3. The van der Waals surface area contributed by atoms with Crippen LogP contribution < -0.4 is 4.74 Å². The summed E-state index contributed by atoms with van der Waals surface area (Å²) in [7, 11) is 0. The van der Waals surface area contributed by atoms with Crippen LogP contribution in [0.5, 0.6) is 11.5 Å². The topological polar surface area (TPSA) is 113 Å². The van der Waals surface area contributed by atoms with Crippen molar-refractivity contribution in [1.29, 1.82) is 0 Å². The Balaban J connectivity index is 0.922. The van der Waals surface area contributed by atoms with Crippen molar-refractivity contribution in [3.8, 4) is 11.5 Å². The predicted octanol–water partition coefficient (Wildman–Crippen LogP) is 6.70. The summed E-state index contributed by atoms with van der Waals surface area (Å²) in [5, 5.41) is 10.8. The highest BCUT2D eigenvalue weighted by Gasteiger charge is 2.71. The Morgan fingerprint density at radius 1 is 0.667 bits per heavy atom. The number of phenolic OH excluding ortho intramolecular Hbond substituents is 1. The summed E-state index contributed by atoms with van der Waals surface area (Å²) in [5.41, 5.74) is -0.530. The maximum atomic E-state index is 10.8. The summed E-state index contributed by atoms with van der Waals surface area (Å²) < 4.78 is 39.3. The first kappa shape index (κ1) is 32.4. The number of aromatic hydroxyl groups is 1. The van der Waals surface area contributed by atoms with Gasteiger partial charge in [-0.2, -0.15) is 0 Å². The number of phenols is 1. The molecule has 0 unspecified atom stereocenters. The van der Waals surface area contributed by atoms with Crippen molar-refractivity contribution in [2.24, 2.45) is 47.3 Å². The zero-order valence-corrected chi connectivity index (χ0v) is 29.1. The van der Waals surface area contributed by atoms with Crippen molar-refractivity contribution in [1.82, 2.24) is 0 Å². The zero-order chi connectivity index (χ0) is 33.2. The molecule has 1 N–H and O–H groups in total. The summed E-state index contributed by atoms with van der Waals surface area (Å²) in [6.45, 7) is 13.0. The zero-order valence-electron chi connectivity index (χ0n) is 29.1. The Bertz CT molecular complexity index is 1410. The van der Waals surface area contributed by atoms with Gasteiger partial charge in [-0.25, -0.2) is 19.6 Å². The van der Waals surface area contributed by atoms with Gasteiger partial charge < -0.3 is 33.5 Å². The first-order valence-electron chi connectivity index (χ1n) is 18.4. The van der Waals surface area contributed by atoms with Gasteiger partial charge in [0, 0.05) is 42.6 Å². The quantitative estimate of drug-likeness (QED) is 0.337. The van der Waals surface area contributed by atoms with Crippen LogP contribution in [0.2, 0.25) is 0 Å². The van der Waals surface area contributed by atoms with Gasteiger partial charge in [0.2, 0.25) is 17.9 Å². The molecular formula is C37H52O11. The fraction of sp³-hybridized carbons (Fsp3) is 0.838. The molecule has 266 valence electrons. The van der Waals surface area contributed by atoms with E-state index in [0.717, 1.165) is 56.9 Å². The van der Waals surface area contributed by atoms with Crippen molar-refractivity contribution in [3.63, 3.8) is 0 Å². The fourth-order valence-electron chi connectivity index (χ4n) is 11.2. The van der Waals surface area contributed by atoms with Crippen LogP contribution in [0.4, 0.5) is 0 Å². The largest absolute Gasteiger partial charge is 0.508 e. The molecule has 2 saturated carbocycles. The van der Waals surface area contributed by atoms with Crippen LogP contribution in [0.15, 0.2) is 18.2 Å². The van der Waals surface area contributed by atoms with Crippen molar-refractivity contribution in [2.75, 3.05) is 0 Å². The molecule has 1 aromatic carbocycles. The van der Waals surface area contributed by atoms with Gasteiger partial charge in [0.25, 0.3) is 0 Å². The first-order valence-corrected chi connectivity index (χ1v) is 18.4. The third-order valence-corrected chi connectivity index (χ3v) is 13.8. The maximum absolute atomic E-state index is 10.8. The second-order valence-corrected chi connectivity index (χ2v) is 16.8. The van der Waals surface area contributed by atoms with Gasteiger partial charge in [-0.05, 0) is 93.7 Å². The minimum Gasteiger partial charge on any atom is -0.508 e. The fourth-order valence-corrected chi connectivity index (χ4v) is 11.2. The van der Waals surface area contributed by atoms with Crippen molar-refractivity contribution in [3.05, 3.63) is 23.8 Å². The second kappa shape index (κ2) is 11.2. The van der Waals surface area contributed by atoms with Crippen LogP contribution in [0.25, 0.3) is 0 Å². The van der Waals surface area contributed by atoms with Crippen LogP contribution in [0.1, 0.15) is 98.5 Å². The average Bonchev–Trinajstić information content (AvgIpc) is 3.42. The van der Waals surface area contributed by atoms with E-state index in [-0.39, 0.29) is 41.9 Å². The van der Waals surface area contributed by atoms with Crippen LogP contribution in [0, 0.1) is 47.3 Å². The Kier molecular flexibility index (Phi) is 7.57. The molecule has 4 bridgehead atoms. The maximum Gasteiger partial charge on any atom is 0.205 e. The molecule has 1 aromatic rings. The molecule has 0 amide bonds. The summed E-state index contributed by atoms with van der Waals surface area (Å²) in [5.74, 6) is 0.809. The highest BCUT2D eigenvalue weighted by molar-refractivity contribution is 5.37. The normalized spacial score (nSPS) is 53.7. The average molecular weight is 673 g/mol. The Morgan fingerprint density at radius 2 is 1.21 bits per heavy atom. The minimum atomic E-state index is -0.856. The van der Waals surface area contributed by atoms with Crippen molar-refractivity contribution >= 4 is 0 Å². The molecule has 48 heavy (non-hydrogen) atoms. The van der Waals surface area contributed by atoms with Gasteiger partial charge in [-0.1, -0.05) is 27.7 Å². The third kappa shape index (κ3) is 4.71. The minimum absolute atomic E-state index is 0.00164. The van der Waals surface area contributed by atoms with E-state index < -0.39 is 47.9 Å². The summed E-state index contributed by atoms with van der Waals surface area (Å²) in [4.78, 5) is 24.5. The summed E-state index contributed by atoms with van der Waals surface area (Å²) in [6, 6.07) is 5.23. The number of ether oxygens (including phenoxy) is 6. The van der Waals surface area contributed by atoms with Gasteiger partial charge in [0.05, 0.1) is 6.61 Å². The molecule has 8 heterocycles. The summed E-state index contributed by atoms with van der Waals surface area (Å²) in [6.07, 6.45) is 5.40. The molecule has 16 atom stereocenters. The molecule has 11 heteroatoms. The molecule has 8 aliphatic heterocycles. The Hall–Kier alpha value is -1.54. The lowest BCUT2D eigenvalue weighted by Crippen LogP contribution is -2.70. The van der Waals surface area contributed by atoms with Crippen molar-refractivity contribution in [2.45, 2.75) is 147 Å². The standard InChI is InChI=1S/C37H52O11/c1-19-7-9-28-21(3)30(41-32-36(28)26(19)11-13-34(5,43-32)45-47-36)39-18-23-15-24(38)17-25(16-23)40-31-22(4)29-10-8-20(2)27-12-14-35(6)44-33(42-31)37(27,29)48-46-35/h15-17,19-22,26-33,38H,7-14,18H2,1-6H3/t19-,20+,21+,22+,26-,27-,28-,29-,30-,31-,32+,33+,34-,35-,36+,37+/m0/s1. The molecule has 0 aromatic heterocycles. The summed E-state index contributed by atoms with van der Waals surface area (Å²) >= 11 is 0.